The van der Waals surface area contributed by atoms with Crippen molar-refractivity contribution < 1.29 is 22.8 Å². The Bertz CT molecular complexity index is 1360. The number of benzene rings is 3. The normalized spacial score (nSPS) is 13.1. The van der Waals surface area contributed by atoms with Gasteiger partial charge in [-0.1, -0.05) is 55.3 Å². The number of rotatable bonds is 9. The SMILES string of the molecule is CCCCc1ccc(N(C(=O)CCN2C(=O)c3ccccc3C2=O)S(=O)(=O)c2ccc(C)cc2)cc1. The Kier molecular flexibility index (Phi) is 7.35. The van der Waals surface area contributed by atoms with Crippen LogP contribution in [-0.4, -0.2) is 37.6 Å². The molecule has 0 N–H and O–H groups in total. The molecular formula is C28H28N2O5S. The molecule has 0 aromatic heterocycles. The highest BCUT2D eigenvalue weighted by molar-refractivity contribution is 7.93. The van der Waals surface area contributed by atoms with Crippen molar-refractivity contribution in [2.45, 2.75) is 44.4 Å². The number of aryl methyl sites for hydroxylation is 2. The summed E-state index contributed by atoms with van der Waals surface area (Å²) in [6.45, 7) is 3.72. The molecule has 3 amide bonds. The van der Waals surface area contributed by atoms with Gasteiger partial charge in [-0.25, -0.2) is 12.7 Å². The highest BCUT2D eigenvalue weighted by Crippen LogP contribution is 2.27. The van der Waals surface area contributed by atoms with E-state index >= 15 is 0 Å². The number of carbonyl (C=O) groups is 3. The molecule has 0 saturated carbocycles. The van der Waals surface area contributed by atoms with Gasteiger partial charge in [0.1, 0.15) is 0 Å². The number of sulfonamides is 1. The summed E-state index contributed by atoms with van der Waals surface area (Å²) < 4.78 is 28.0. The van der Waals surface area contributed by atoms with Crippen LogP contribution < -0.4 is 4.31 Å². The molecule has 0 radical (unpaired) electrons. The number of hydrogen-bond donors (Lipinski definition) is 0. The van der Waals surface area contributed by atoms with Crippen LogP contribution in [0.3, 0.4) is 0 Å². The van der Waals surface area contributed by atoms with Crippen LogP contribution in [-0.2, 0) is 21.2 Å². The predicted octanol–water partition coefficient (Wildman–Crippen LogP) is 4.75. The maximum absolute atomic E-state index is 13.6. The van der Waals surface area contributed by atoms with E-state index in [1.54, 1.807) is 48.5 Å². The van der Waals surface area contributed by atoms with Crippen molar-refractivity contribution in [2.24, 2.45) is 0 Å². The fourth-order valence-corrected chi connectivity index (χ4v) is 5.61. The number of anilines is 1. The van der Waals surface area contributed by atoms with Crippen molar-refractivity contribution in [3.05, 3.63) is 95.1 Å². The molecule has 0 saturated heterocycles. The first-order valence-corrected chi connectivity index (χ1v) is 13.4. The lowest BCUT2D eigenvalue weighted by Crippen LogP contribution is -2.40. The number of amides is 3. The molecule has 36 heavy (non-hydrogen) atoms. The van der Waals surface area contributed by atoms with Crippen LogP contribution in [0.4, 0.5) is 5.69 Å². The lowest BCUT2D eigenvalue weighted by molar-refractivity contribution is -0.117. The second-order valence-corrected chi connectivity index (χ2v) is 10.6. The molecule has 0 unspecified atom stereocenters. The topological polar surface area (TPSA) is 91.8 Å². The van der Waals surface area contributed by atoms with E-state index in [-0.39, 0.29) is 34.7 Å². The molecule has 3 aromatic rings. The maximum atomic E-state index is 13.6. The van der Waals surface area contributed by atoms with Gasteiger partial charge in [-0.3, -0.25) is 19.3 Å². The van der Waals surface area contributed by atoms with Gasteiger partial charge >= 0.3 is 0 Å². The lowest BCUT2D eigenvalue weighted by atomic mass is 10.1. The van der Waals surface area contributed by atoms with Gasteiger partial charge in [-0.15, -0.1) is 0 Å². The van der Waals surface area contributed by atoms with Gasteiger partial charge in [0.05, 0.1) is 21.7 Å². The van der Waals surface area contributed by atoms with E-state index in [1.165, 1.54) is 12.1 Å². The number of carbonyl (C=O) groups excluding carboxylic acids is 3. The summed E-state index contributed by atoms with van der Waals surface area (Å²) >= 11 is 0. The Morgan fingerprint density at radius 2 is 1.44 bits per heavy atom. The molecule has 0 fully saturated rings. The van der Waals surface area contributed by atoms with Crippen molar-refractivity contribution in [1.82, 2.24) is 4.90 Å². The van der Waals surface area contributed by atoms with E-state index < -0.39 is 27.7 Å². The average molecular weight is 505 g/mol. The zero-order valence-electron chi connectivity index (χ0n) is 20.3. The first kappa shape index (κ1) is 25.3. The van der Waals surface area contributed by atoms with Crippen LogP contribution >= 0.6 is 0 Å². The van der Waals surface area contributed by atoms with Crippen LogP contribution in [0.15, 0.2) is 77.7 Å². The first-order valence-electron chi connectivity index (χ1n) is 11.9. The fraction of sp³-hybridized carbons (Fsp3) is 0.250. The van der Waals surface area contributed by atoms with Crippen molar-refractivity contribution in [2.75, 3.05) is 10.8 Å². The molecule has 4 rings (SSSR count). The minimum Gasteiger partial charge on any atom is -0.274 e. The maximum Gasteiger partial charge on any atom is 0.270 e. The van der Waals surface area contributed by atoms with E-state index in [0.717, 1.165) is 39.6 Å². The molecule has 0 atom stereocenters. The van der Waals surface area contributed by atoms with Gasteiger partial charge in [0.2, 0.25) is 5.91 Å². The zero-order chi connectivity index (χ0) is 25.9. The summed E-state index contributed by atoms with van der Waals surface area (Å²) in [6, 6.07) is 19.6. The van der Waals surface area contributed by atoms with Gasteiger partial charge in [0.15, 0.2) is 0 Å². The standard InChI is InChI=1S/C28H28N2O5S/c1-3-4-7-21-12-14-22(15-13-21)30(36(34,35)23-16-10-20(2)11-17-23)26(31)18-19-29-27(32)24-8-5-6-9-25(24)28(29)33/h5-6,8-17H,3-4,7,18-19H2,1-2H3. The summed E-state index contributed by atoms with van der Waals surface area (Å²) in [5.41, 5.74) is 2.70. The van der Waals surface area contributed by atoms with Crippen LogP contribution in [0.1, 0.15) is 58.0 Å². The summed E-state index contributed by atoms with van der Waals surface area (Å²) in [6.07, 6.45) is 2.55. The van der Waals surface area contributed by atoms with E-state index in [1.807, 2.05) is 19.1 Å². The molecule has 8 heteroatoms. The molecule has 7 nitrogen and oxygen atoms in total. The van der Waals surface area contributed by atoms with Crippen molar-refractivity contribution >= 4 is 33.4 Å². The van der Waals surface area contributed by atoms with Crippen molar-refractivity contribution in [1.29, 1.82) is 0 Å². The minimum absolute atomic E-state index is 0.0164. The summed E-state index contributed by atoms with van der Waals surface area (Å²) in [4.78, 5) is 39.8. The van der Waals surface area contributed by atoms with Crippen molar-refractivity contribution in [3.63, 3.8) is 0 Å². The lowest BCUT2D eigenvalue weighted by Gasteiger charge is -2.24. The largest absolute Gasteiger partial charge is 0.274 e. The molecule has 0 spiro atoms. The van der Waals surface area contributed by atoms with E-state index in [9.17, 15) is 22.8 Å². The highest BCUT2D eigenvalue weighted by atomic mass is 32.2. The van der Waals surface area contributed by atoms with E-state index in [2.05, 4.69) is 6.92 Å². The molecule has 0 bridgehead atoms. The number of nitrogens with zero attached hydrogens (tertiary/aromatic N) is 2. The minimum atomic E-state index is -4.23. The van der Waals surface area contributed by atoms with Crippen molar-refractivity contribution in [3.8, 4) is 0 Å². The van der Waals surface area contributed by atoms with Gasteiger partial charge < -0.3 is 0 Å². The molecule has 1 aliphatic heterocycles. The fourth-order valence-electron chi connectivity index (χ4n) is 4.16. The number of unbranched alkanes of at least 4 members (excludes halogenated alkanes) is 1. The zero-order valence-corrected chi connectivity index (χ0v) is 21.1. The molecule has 1 aliphatic rings. The highest BCUT2D eigenvalue weighted by Gasteiger charge is 2.37. The van der Waals surface area contributed by atoms with E-state index in [4.69, 9.17) is 0 Å². The number of fused-ring (bicyclic) bond motifs is 1. The van der Waals surface area contributed by atoms with Crippen LogP contribution in [0, 0.1) is 6.92 Å². The van der Waals surface area contributed by atoms with Crippen LogP contribution in [0.5, 0.6) is 0 Å². The summed E-state index contributed by atoms with van der Waals surface area (Å²) in [5.74, 6) is -1.71. The Labute approximate surface area is 211 Å². The Hall–Kier alpha value is -3.78. The third kappa shape index (κ3) is 4.95. The second kappa shape index (κ2) is 10.5. The van der Waals surface area contributed by atoms with Crippen LogP contribution in [0.25, 0.3) is 0 Å². The number of hydrogen-bond acceptors (Lipinski definition) is 5. The van der Waals surface area contributed by atoms with Gasteiger partial charge in [-0.05, 0) is 61.7 Å². The van der Waals surface area contributed by atoms with Crippen LogP contribution in [0.2, 0.25) is 0 Å². The Morgan fingerprint density at radius 1 is 0.861 bits per heavy atom. The van der Waals surface area contributed by atoms with Gasteiger partial charge in [0, 0.05) is 13.0 Å². The van der Waals surface area contributed by atoms with Gasteiger partial charge in [0.25, 0.3) is 21.8 Å². The quantitative estimate of drug-likeness (QED) is 0.392. The molecule has 0 aliphatic carbocycles. The molecular weight excluding hydrogens is 476 g/mol. The monoisotopic (exact) mass is 504 g/mol. The van der Waals surface area contributed by atoms with Gasteiger partial charge in [-0.2, -0.15) is 0 Å². The number of imide groups is 1. The molecule has 3 aromatic carbocycles. The third-order valence-electron chi connectivity index (χ3n) is 6.20. The first-order chi connectivity index (χ1) is 17.2. The Morgan fingerprint density at radius 3 is 2.00 bits per heavy atom. The molecule has 1 heterocycles. The van der Waals surface area contributed by atoms with E-state index in [0.29, 0.717) is 0 Å². The molecule has 186 valence electrons. The third-order valence-corrected chi connectivity index (χ3v) is 7.97. The second-order valence-electron chi connectivity index (χ2n) is 8.80. The summed E-state index contributed by atoms with van der Waals surface area (Å²) in [7, 11) is -4.23. The Balaban J connectivity index is 1.62. The predicted molar refractivity (Wildman–Crippen MR) is 137 cm³/mol. The smallest absolute Gasteiger partial charge is 0.270 e. The average Bonchev–Trinajstić information content (AvgIpc) is 3.12. The summed E-state index contributed by atoms with van der Waals surface area (Å²) in [5, 5.41) is 0.